The fourth-order valence-corrected chi connectivity index (χ4v) is 4.09. The van der Waals surface area contributed by atoms with Gasteiger partial charge in [0.15, 0.2) is 5.65 Å². The van der Waals surface area contributed by atoms with Gasteiger partial charge in [0.25, 0.3) is 5.91 Å². The highest BCUT2D eigenvalue weighted by Crippen LogP contribution is 2.32. The maximum atomic E-state index is 13.4. The Morgan fingerprint density at radius 3 is 2.42 bits per heavy atom. The number of nitrogen functional groups attached to an aromatic ring is 1. The summed E-state index contributed by atoms with van der Waals surface area (Å²) in [6.45, 7) is 4.37. The molecule has 3 N–H and O–H groups in total. The number of fused-ring (bicyclic) bond motifs is 2. The minimum absolute atomic E-state index is 0.305. The molecule has 6 nitrogen and oxygen atoms in total. The summed E-state index contributed by atoms with van der Waals surface area (Å²) in [4.78, 5) is 23.0. The van der Waals surface area contributed by atoms with E-state index in [1.807, 2.05) is 73.0 Å². The fraction of sp³-hybridized carbons (Fsp3) is 0.115. The highest BCUT2D eigenvalue weighted by atomic mass is 35.5. The van der Waals surface area contributed by atoms with Gasteiger partial charge in [-0.05, 0) is 60.9 Å². The number of hydrogen-bond donors (Lipinski definition) is 2. The van der Waals surface area contributed by atoms with Crippen LogP contribution in [0, 0.1) is 13.8 Å². The number of benzene rings is 3. The molecule has 0 bridgehead atoms. The first-order valence-electron chi connectivity index (χ1n) is 10.6. The largest absolute Gasteiger partial charge is 0.384 e. The number of para-hydroxylation sites is 2. The van der Waals surface area contributed by atoms with Gasteiger partial charge >= 0.3 is 0 Å². The molecule has 164 valence electrons. The third-order valence-corrected chi connectivity index (χ3v) is 5.95. The van der Waals surface area contributed by atoms with Crippen LogP contribution in [0.4, 0.5) is 5.82 Å². The molecule has 0 aliphatic rings. The van der Waals surface area contributed by atoms with E-state index in [4.69, 9.17) is 27.3 Å². The van der Waals surface area contributed by atoms with Crippen molar-refractivity contribution in [2.75, 3.05) is 5.73 Å². The van der Waals surface area contributed by atoms with E-state index in [9.17, 15) is 4.79 Å². The quantitative estimate of drug-likeness (QED) is 0.382. The Kier molecular flexibility index (Phi) is 5.23. The Hall–Kier alpha value is -3.90. The van der Waals surface area contributed by atoms with E-state index in [1.54, 1.807) is 12.1 Å². The predicted octanol–water partition coefficient (Wildman–Crippen LogP) is 5.36. The van der Waals surface area contributed by atoms with E-state index in [0.717, 1.165) is 27.9 Å². The van der Waals surface area contributed by atoms with Crippen molar-refractivity contribution in [3.05, 3.63) is 94.0 Å². The number of rotatable bonds is 4. The van der Waals surface area contributed by atoms with Crippen LogP contribution in [-0.4, -0.2) is 20.4 Å². The second-order valence-electron chi connectivity index (χ2n) is 8.08. The molecular formula is C26H22ClN5O. The third kappa shape index (κ3) is 3.79. The number of carbonyl (C=O) groups excluding carboxylic acids is 1. The third-order valence-electron chi connectivity index (χ3n) is 5.70. The summed E-state index contributed by atoms with van der Waals surface area (Å²) in [5.41, 5.74) is 13.3. The number of anilines is 1. The maximum absolute atomic E-state index is 13.4. The van der Waals surface area contributed by atoms with Gasteiger partial charge in [-0.3, -0.25) is 9.36 Å². The molecule has 7 heteroatoms. The summed E-state index contributed by atoms with van der Waals surface area (Å²) in [6, 6.07) is 21.0. The standard InChI is InChI=1S/C26H22ClN5O/c1-15-7-8-16(2)21(13-15)32-24(28)22(26(33)29-14-17-9-11-18(27)12-10-17)23-25(32)31-20-6-4-3-5-19(20)30-23/h3-13H,14,28H2,1-2H3,(H,29,33). The molecule has 0 radical (unpaired) electrons. The molecule has 0 unspecified atom stereocenters. The molecule has 0 spiro atoms. The van der Waals surface area contributed by atoms with Crippen molar-refractivity contribution in [3.8, 4) is 5.69 Å². The minimum Gasteiger partial charge on any atom is -0.384 e. The van der Waals surface area contributed by atoms with Gasteiger partial charge in [-0.15, -0.1) is 0 Å². The number of aryl methyl sites for hydroxylation is 2. The molecule has 5 aromatic rings. The second-order valence-corrected chi connectivity index (χ2v) is 8.52. The van der Waals surface area contributed by atoms with E-state index >= 15 is 0 Å². The Morgan fingerprint density at radius 1 is 1.00 bits per heavy atom. The summed E-state index contributed by atoms with van der Waals surface area (Å²) in [5.74, 6) is 0.00343. The number of nitrogens with zero attached hydrogens (tertiary/aromatic N) is 3. The van der Waals surface area contributed by atoms with Gasteiger partial charge in [-0.2, -0.15) is 0 Å². The monoisotopic (exact) mass is 455 g/mol. The van der Waals surface area contributed by atoms with E-state index in [2.05, 4.69) is 5.32 Å². The lowest BCUT2D eigenvalue weighted by molar-refractivity contribution is 0.0953. The average molecular weight is 456 g/mol. The van der Waals surface area contributed by atoms with Gasteiger partial charge < -0.3 is 11.1 Å². The van der Waals surface area contributed by atoms with Gasteiger partial charge in [0, 0.05) is 11.6 Å². The molecule has 3 aromatic carbocycles. The van der Waals surface area contributed by atoms with Crippen LogP contribution in [0.15, 0.2) is 66.7 Å². The number of carbonyl (C=O) groups is 1. The van der Waals surface area contributed by atoms with Crippen LogP contribution >= 0.6 is 11.6 Å². The molecule has 0 fully saturated rings. The zero-order valence-electron chi connectivity index (χ0n) is 18.3. The number of amides is 1. The molecule has 5 rings (SSSR count). The molecule has 33 heavy (non-hydrogen) atoms. The molecular weight excluding hydrogens is 434 g/mol. The van der Waals surface area contributed by atoms with Gasteiger partial charge in [-0.1, -0.05) is 48.0 Å². The first kappa shape index (κ1) is 21.0. The molecule has 0 saturated heterocycles. The summed E-state index contributed by atoms with van der Waals surface area (Å²) < 4.78 is 1.83. The van der Waals surface area contributed by atoms with Crippen molar-refractivity contribution in [1.82, 2.24) is 19.9 Å². The lowest BCUT2D eigenvalue weighted by atomic mass is 10.1. The second kappa shape index (κ2) is 8.22. The van der Waals surface area contributed by atoms with Crippen LogP contribution in [0.25, 0.3) is 27.9 Å². The maximum Gasteiger partial charge on any atom is 0.257 e. The number of nitrogens with two attached hydrogens (primary N) is 1. The Balaban J connectivity index is 1.68. The lowest BCUT2D eigenvalue weighted by Crippen LogP contribution is -2.24. The molecule has 0 aliphatic heterocycles. The molecule has 0 atom stereocenters. The van der Waals surface area contributed by atoms with E-state index < -0.39 is 0 Å². The zero-order chi connectivity index (χ0) is 23.1. The molecule has 1 amide bonds. The topological polar surface area (TPSA) is 85.8 Å². The lowest BCUT2D eigenvalue weighted by Gasteiger charge is -2.12. The summed E-state index contributed by atoms with van der Waals surface area (Å²) in [5, 5.41) is 3.61. The summed E-state index contributed by atoms with van der Waals surface area (Å²) in [7, 11) is 0. The highest BCUT2D eigenvalue weighted by molar-refractivity contribution is 6.30. The normalized spacial score (nSPS) is 11.2. The van der Waals surface area contributed by atoms with Crippen LogP contribution in [0.2, 0.25) is 5.02 Å². The smallest absolute Gasteiger partial charge is 0.257 e. The summed E-state index contributed by atoms with van der Waals surface area (Å²) >= 11 is 5.97. The van der Waals surface area contributed by atoms with Crippen molar-refractivity contribution in [3.63, 3.8) is 0 Å². The van der Waals surface area contributed by atoms with Gasteiger partial charge in [-0.25, -0.2) is 9.97 Å². The van der Waals surface area contributed by atoms with Crippen molar-refractivity contribution in [2.24, 2.45) is 0 Å². The number of aromatic nitrogens is 3. The average Bonchev–Trinajstić information content (AvgIpc) is 3.09. The predicted molar refractivity (Wildman–Crippen MR) is 133 cm³/mol. The minimum atomic E-state index is -0.305. The molecule has 2 heterocycles. The fourth-order valence-electron chi connectivity index (χ4n) is 3.96. The van der Waals surface area contributed by atoms with Crippen LogP contribution in [-0.2, 0) is 6.54 Å². The van der Waals surface area contributed by atoms with Crippen molar-refractivity contribution in [2.45, 2.75) is 20.4 Å². The number of nitrogens with one attached hydrogen (secondary N) is 1. The summed E-state index contributed by atoms with van der Waals surface area (Å²) in [6.07, 6.45) is 0. The highest BCUT2D eigenvalue weighted by Gasteiger charge is 2.25. The van der Waals surface area contributed by atoms with Gasteiger partial charge in [0.1, 0.15) is 16.9 Å². The van der Waals surface area contributed by atoms with E-state index in [1.165, 1.54) is 0 Å². The Morgan fingerprint density at radius 2 is 1.70 bits per heavy atom. The first-order valence-corrected chi connectivity index (χ1v) is 11.0. The first-order chi connectivity index (χ1) is 15.9. The zero-order valence-corrected chi connectivity index (χ0v) is 19.0. The van der Waals surface area contributed by atoms with Crippen LogP contribution < -0.4 is 11.1 Å². The number of hydrogen-bond acceptors (Lipinski definition) is 4. The van der Waals surface area contributed by atoms with Gasteiger partial charge in [0.05, 0.1) is 16.7 Å². The molecule has 2 aromatic heterocycles. The van der Waals surface area contributed by atoms with Crippen molar-refractivity contribution >= 4 is 45.5 Å². The van der Waals surface area contributed by atoms with Crippen molar-refractivity contribution in [1.29, 1.82) is 0 Å². The SMILES string of the molecule is Cc1ccc(C)c(-n2c(N)c(C(=O)NCc3ccc(Cl)cc3)c3nc4ccccc4nc32)c1. The molecule has 0 saturated carbocycles. The van der Waals surface area contributed by atoms with E-state index in [-0.39, 0.29) is 5.91 Å². The Bertz CT molecular complexity index is 1520. The van der Waals surface area contributed by atoms with Gasteiger partial charge in [0.2, 0.25) is 0 Å². The van der Waals surface area contributed by atoms with Crippen molar-refractivity contribution < 1.29 is 4.79 Å². The Labute approximate surface area is 196 Å². The van der Waals surface area contributed by atoms with E-state index in [0.29, 0.717) is 39.6 Å². The van der Waals surface area contributed by atoms with Crippen LogP contribution in [0.3, 0.4) is 0 Å². The molecule has 0 aliphatic carbocycles. The number of halogens is 1. The van der Waals surface area contributed by atoms with Crippen LogP contribution in [0.1, 0.15) is 27.0 Å². The van der Waals surface area contributed by atoms with Crippen LogP contribution in [0.5, 0.6) is 0 Å².